The average Bonchev–Trinajstić information content (AvgIpc) is 3.29. The first-order chi connectivity index (χ1) is 14.7. The van der Waals surface area contributed by atoms with Crippen LogP contribution in [0, 0.1) is 12.7 Å². The fourth-order valence-electron chi connectivity index (χ4n) is 4.45. The average molecular weight is 405 g/mol. The SMILES string of the molecule is Cc1c(CN2CCn3c(CO)nnc3C2)c2ccccc2n1Cc1ccccc1F. The van der Waals surface area contributed by atoms with Gasteiger partial charge in [-0.3, -0.25) is 4.90 Å². The molecule has 0 atom stereocenters. The zero-order chi connectivity index (χ0) is 20.7. The molecule has 0 spiro atoms. The first kappa shape index (κ1) is 19.0. The summed E-state index contributed by atoms with van der Waals surface area (Å²) in [6.07, 6.45) is 0. The van der Waals surface area contributed by atoms with Crippen molar-refractivity contribution in [2.45, 2.75) is 39.7 Å². The van der Waals surface area contributed by atoms with E-state index in [-0.39, 0.29) is 12.4 Å². The largest absolute Gasteiger partial charge is 0.388 e. The van der Waals surface area contributed by atoms with Gasteiger partial charge in [-0.25, -0.2) is 4.39 Å². The molecule has 2 aromatic heterocycles. The Kier molecular flexibility index (Phi) is 4.84. The number of aliphatic hydroxyl groups excluding tert-OH is 1. The molecule has 154 valence electrons. The fraction of sp³-hybridized carbons (Fsp3) is 0.304. The Balaban J connectivity index is 1.48. The molecular formula is C23H24FN5O. The number of aliphatic hydroxyl groups is 1. The normalized spacial score (nSPS) is 14.4. The van der Waals surface area contributed by atoms with E-state index in [2.05, 4.69) is 44.8 Å². The summed E-state index contributed by atoms with van der Waals surface area (Å²) in [7, 11) is 0. The minimum atomic E-state index is -0.175. The van der Waals surface area contributed by atoms with Crippen molar-refractivity contribution < 1.29 is 9.50 Å². The van der Waals surface area contributed by atoms with Gasteiger partial charge in [0.05, 0.1) is 13.1 Å². The van der Waals surface area contributed by atoms with Gasteiger partial charge in [-0.05, 0) is 24.6 Å². The number of hydrogen-bond donors (Lipinski definition) is 1. The number of nitrogens with zero attached hydrogens (tertiary/aromatic N) is 5. The van der Waals surface area contributed by atoms with Crippen LogP contribution in [-0.4, -0.2) is 35.9 Å². The lowest BCUT2D eigenvalue weighted by Crippen LogP contribution is -2.34. The summed E-state index contributed by atoms with van der Waals surface area (Å²) in [5, 5.41) is 18.9. The summed E-state index contributed by atoms with van der Waals surface area (Å²) in [6.45, 7) is 5.65. The number of fused-ring (bicyclic) bond motifs is 2. The minimum absolute atomic E-state index is 0.0877. The van der Waals surface area contributed by atoms with E-state index in [1.807, 2.05) is 22.8 Å². The zero-order valence-corrected chi connectivity index (χ0v) is 16.9. The topological polar surface area (TPSA) is 59.1 Å². The molecule has 3 heterocycles. The predicted molar refractivity (Wildman–Crippen MR) is 112 cm³/mol. The molecule has 1 aliphatic rings. The van der Waals surface area contributed by atoms with Gasteiger partial charge in [-0.1, -0.05) is 36.4 Å². The van der Waals surface area contributed by atoms with Gasteiger partial charge in [0, 0.05) is 41.8 Å². The maximum Gasteiger partial charge on any atom is 0.158 e. The highest BCUT2D eigenvalue weighted by molar-refractivity contribution is 5.85. The zero-order valence-electron chi connectivity index (χ0n) is 16.9. The second-order valence-corrected chi connectivity index (χ2v) is 7.81. The minimum Gasteiger partial charge on any atom is -0.388 e. The van der Waals surface area contributed by atoms with E-state index in [1.165, 1.54) is 17.0 Å². The van der Waals surface area contributed by atoms with Crippen LogP contribution in [0.4, 0.5) is 4.39 Å². The summed E-state index contributed by atoms with van der Waals surface area (Å²) >= 11 is 0. The van der Waals surface area contributed by atoms with Crippen LogP contribution in [0.2, 0.25) is 0 Å². The molecule has 0 saturated carbocycles. The Bertz CT molecular complexity index is 1210. The van der Waals surface area contributed by atoms with Crippen molar-refractivity contribution in [3.8, 4) is 0 Å². The Hall–Kier alpha value is -3.03. The Labute approximate surface area is 174 Å². The van der Waals surface area contributed by atoms with E-state index in [1.54, 1.807) is 6.07 Å². The third kappa shape index (κ3) is 3.20. The van der Waals surface area contributed by atoms with Crippen molar-refractivity contribution >= 4 is 10.9 Å². The highest BCUT2D eigenvalue weighted by atomic mass is 19.1. The van der Waals surface area contributed by atoms with E-state index in [9.17, 15) is 9.50 Å². The van der Waals surface area contributed by atoms with Crippen molar-refractivity contribution in [1.82, 2.24) is 24.2 Å². The number of para-hydroxylation sites is 1. The first-order valence-electron chi connectivity index (χ1n) is 10.2. The number of hydrogen-bond acceptors (Lipinski definition) is 4. The Morgan fingerprint density at radius 3 is 2.63 bits per heavy atom. The van der Waals surface area contributed by atoms with Crippen LogP contribution in [0.1, 0.15) is 28.5 Å². The monoisotopic (exact) mass is 405 g/mol. The van der Waals surface area contributed by atoms with Gasteiger partial charge < -0.3 is 14.2 Å². The van der Waals surface area contributed by atoms with E-state index >= 15 is 0 Å². The van der Waals surface area contributed by atoms with Gasteiger partial charge >= 0.3 is 0 Å². The number of rotatable bonds is 5. The molecule has 0 bridgehead atoms. The third-order valence-corrected chi connectivity index (χ3v) is 6.08. The van der Waals surface area contributed by atoms with Crippen LogP contribution in [0.3, 0.4) is 0 Å². The van der Waals surface area contributed by atoms with Crippen LogP contribution in [0.5, 0.6) is 0 Å². The molecular weight excluding hydrogens is 381 g/mol. The lowest BCUT2D eigenvalue weighted by atomic mass is 10.1. The summed E-state index contributed by atoms with van der Waals surface area (Å²) in [5.41, 5.74) is 4.23. The molecule has 6 nitrogen and oxygen atoms in total. The lowest BCUT2D eigenvalue weighted by molar-refractivity contribution is 0.199. The highest BCUT2D eigenvalue weighted by Gasteiger charge is 2.23. The van der Waals surface area contributed by atoms with Crippen molar-refractivity contribution in [2.24, 2.45) is 0 Å². The van der Waals surface area contributed by atoms with Crippen molar-refractivity contribution in [3.05, 3.63) is 82.8 Å². The second-order valence-electron chi connectivity index (χ2n) is 7.81. The maximum absolute atomic E-state index is 14.3. The molecule has 4 aromatic rings. The molecule has 0 radical (unpaired) electrons. The first-order valence-corrected chi connectivity index (χ1v) is 10.2. The molecule has 0 amide bonds. The van der Waals surface area contributed by atoms with Gasteiger partial charge in [0.2, 0.25) is 0 Å². The smallest absolute Gasteiger partial charge is 0.158 e. The van der Waals surface area contributed by atoms with Crippen LogP contribution < -0.4 is 0 Å². The van der Waals surface area contributed by atoms with Gasteiger partial charge in [0.25, 0.3) is 0 Å². The molecule has 0 unspecified atom stereocenters. The quantitative estimate of drug-likeness (QED) is 0.554. The summed E-state index contributed by atoms with van der Waals surface area (Å²) in [4.78, 5) is 2.35. The molecule has 7 heteroatoms. The number of halogens is 1. The van der Waals surface area contributed by atoms with E-state index < -0.39 is 0 Å². The van der Waals surface area contributed by atoms with Gasteiger partial charge in [-0.15, -0.1) is 10.2 Å². The lowest BCUT2D eigenvalue weighted by Gasteiger charge is -2.27. The fourth-order valence-corrected chi connectivity index (χ4v) is 4.45. The van der Waals surface area contributed by atoms with E-state index in [0.717, 1.165) is 36.7 Å². The van der Waals surface area contributed by atoms with Gasteiger partial charge in [0.15, 0.2) is 5.82 Å². The van der Waals surface area contributed by atoms with Crippen molar-refractivity contribution in [1.29, 1.82) is 0 Å². The number of aromatic nitrogens is 4. The van der Waals surface area contributed by atoms with Crippen LogP contribution in [0.25, 0.3) is 10.9 Å². The molecule has 1 aliphatic heterocycles. The van der Waals surface area contributed by atoms with Gasteiger partial charge in [-0.2, -0.15) is 0 Å². The standard InChI is InChI=1S/C23H24FN5O/c1-16-19(13-27-10-11-28-22(14-27)25-26-23(28)15-30)18-7-3-5-9-21(18)29(16)12-17-6-2-4-8-20(17)24/h2-9,30H,10-15H2,1H3. The Morgan fingerprint density at radius 1 is 1.00 bits per heavy atom. The summed E-state index contributed by atoms with van der Waals surface area (Å²) in [5.74, 6) is 1.34. The van der Waals surface area contributed by atoms with E-state index in [4.69, 9.17) is 0 Å². The van der Waals surface area contributed by atoms with Crippen LogP contribution in [0.15, 0.2) is 48.5 Å². The van der Waals surface area contributed by atoms with E-state index in [0.29, 0.717) is 24.5 Å². The Morgan fingerprint density at radius 2 is 1.80 bits per heavy atom. The molecule has 2 aromatic carbocycles. The molecule has 0 aliphatic carbocycles. The third-order valence-electron chi connectivity index (χ3n) is 6.08. The second kappa shape index (κ2) is 7.66. The maximum atomic E-state index is 14.3. The molecule has 5 rings (SSSR count). The number of benzene rings is 2. The van der Waals surface area contributed by atoms with Crippen LogP contribution in [-0.2, 0) is 32.8 Å². The molecule has 0 fully saturated rings. The summed E-state index contributed by atoms with van der Waals surface area (Å²) in [6, 6.07) is 15.3. The van der Waals surface area contributed by atoms with Gasteiger partial charge in [0.1, 0.15) is 18.2 Å². The highest BCUT2D eigenvalue weighted by Crippen LogP contribution is 2.29. The van der Waals surface area contributed by atoms with Crippen molar-refractivity contribution in [2.75, 3.05) is 6.54 Å². The molecule has 30 heavy (non-hydrogen) atoms. The van der Waals surface area contributed by atoms with Crippen molar-refractivity contribution in [3.63, 3.8) is 0 Å². The predicted octanol–water partition coefficient (Wildman–Crippen LogP) is 3.24. The van der Waals surface area contributed by atoms with Crippen LogP contribution >= 0.6 is 0 Å². The summed E-state index contributed by atoms with van der Waals surface area (Å²) < 4.78 is 18.5. The molecule has 1 N–H and O–H groups in total. The molecule has 0 saturated heterocycles.